The van der Waals surface area contributed by atoms with Gasteiger partial charge in [0.25, 0.3) is 5.69 Å². The van der Waals surface area contributed by atoms with Crippen LogP contribution in [0.1, 0.15) is 36.3 Å². The fraction of sp³-hybridized carbons (Fsp3) is 0.167. The minimum atomic E-state index is -0.627. The number of thioether (sulfide) groups is 1. The molecule has 0 aliphatic rings. The quantitative estimate of drug-likeness (QED) is 0.176. The zero-order valence-corrected chi connectivity index (χ0v) is 18.6. The number of carbonyl (C=O) groups is 1. The first kappa shape index (κ1) is 28.9. The monoisotopic (exact) mass is 511 g/mol. The van der Waals surface area contributed by atoms with Gasteiger partial charge in [-0.3, -0.25) is 14.9 Å². The number of nitro benzene ring substituents is 1. The normalized spacial score (nSPS) is 9.60. The number of pyridine rings is 1. The Bertz CT molecular complexity index is 1350. The lowest BCUT2D eigenvalue weighted by molar-refractivity contribution is -0.384. The Morgan fingerprint density at radius 3 is 2.34 bits per heavy atom. The Kier molecular flexibility index (Phi) is 10.2. The predicted octanol–water partition coefficient (Wildman–Crippen LogP) is 5.89. The van der Waals surface area contributed by atoms with E-state index in [9.17, 15) is 25.4 Å². The molecule has 11 heteroatoms. The van der Waals surface area contributed by atoms with Gasteiger partial charge in [0.1, 0.15) is 34.3 Å². The van der Waals surface area contributed by atoms with Crippen molar-refractivity contribution in [2.24, 2.45) is 0 Å². The van der Waals surface area contributed by atoms with E-state index in [4.69, 9.17) is 22.1 Å². The molecule has 2 N–H and O–H groups in total. The zero-order valence-electron chi connectivity index (χ0n) is 17.0. The predicted molar refractivity (Wildman–Crippen MR) is 137 cm³/mol. The maximum atomic E-state index is 12.7. The van der Waals surface area contributed by atoms with Crippen LogP contribution in [0.25, 0.3) is 11.1 Å². The zero-order chi connectivity index (χ0) is 24.1. The number of halogens is 1. The maximum Gasteiger partial charge on any atom is 0.270 e. The van der Waals surface area contributed by atoms with Crippen LogP contribution < -0.4 is 10.5 Å². The molecule has 3 rings (SSSR count). The summed E-state index contributed by atoms with van der Waals surface area (Å²) in [5, 5.41) is 30.7. The number of aromatic nitrogens is 1. The maximum absolute atomic E-state index is 12.7. The smallest absolute Gasteiger partial charge is 0.270 e. The number of Topliss-reactive ketones (excluding diaryl/α,β-unsaturated/α-hetero) is 1. The van der Waals surface area contributed by atoms with Gasteiger partial charge in [-0.1, -0.05) is 50.3 Å². The molecule has 3 aromatic rings. The van der Waals surface area contributed by atoms with E-state index < -0.39 is 10.7 Å². The molecule has 0 radical (unpaired) electrons. The van der Waals surface area contributed by atoms with Crippen LogP contribution in [-0.2, 0) is 0 Å². The van der Waals surface area contributed by atoms with Crippen molar-refractivity contribution in [3.63, 3.8) is 0 Å². The highest BCUT2D eigenvalue weighted by Crippen LogP contribution is 2.36. The second-order valence-corrected chi connectivity index (χ2v) is 7.88. The largest absolute Gasteiger partial charge is 0.497 e. The molecule has 0 unspecified atom stereocenters. The number of anilines is 1. The van der Waals surface area contributed by atoms with Crippen LogP contribution in [0.4, 0.5) is 11.5 Å². The number of ether oxygens (including phenoxy) is 1. The van der Waals surface area contributed by atoms with Crippen molar-refractivity contribution in [1.29, 1.82) is 10.5 Å². The third kappa shape index (κ3) is 6.07. The molecule has 0 fully saturated rings. The first-order valence-electron chi connectivity index (χ1n) is 9.18. The van der Waals surface area contributed by atoms with Crippen molar-refractivity contribution in [2.45, 2.75) is 19.9 Å². The third-order valence-corrected chi connectivity index (χ3v) is 5.90. The van der Waals surface area contributed by atoms with Gasteiger partial charge in [-0.15, -0.1) is 0 Å². The highest BCUT2D eigenvalue weighted by atomic mass is 35.5. The minimum absolute atomic E-state index is 0. The molecule has 0 spiro atoms. The van der Waals surface area contributed by atoms with E-state index in [0.717, 1.165) is 17.8 Å². The van der Waals surface area contributed by atoms with Gasteiger partial charge in [-0.25, -0.2) is 4.98 Å². The Morgan fingerprint density at radius 2 is 1.80 bits per heavy atom. The number of nitro groups is 1. The van der Waals surface area contributed by atoms with E-state index >= 15 is 0 Å². The average molecular weight is 512 g/mol. The summed E-state index contributed by atoms with van der Waals surface area (Å²) in [5.41, 5.74) is 6.65. The van der Waals surface area contributed by atoms with Gasteiger partial charge in [-0.2, -0.15) is 10.5 Å². The number of ketones is 1. The van der Waals surface area contributed by atoms with Crippen LogP contribution >= 0.6 is 23.4 Å². The summed E-state index contributed by atoms with van der Waals surface area (Å²) in [5.74, 6) is -0.207. The summed E-state index contributed by atoms with van der Waals surface area (Å²) < 4.78 is 5.14. The number of nitrogen functional groups attached to an aromatic ring is 1. The summed E-state index contributed by atoms with van der Waals surface area (Å²) in [6.45, 7) is 0. The van der Waals surface area contributed by atoms with Crippen molar-refractivity contribution >= 4 is 40.7 Å². The first-order valence-corrected chi connectivity index (χ1v) is 10.5. The minimum Gasteiger partial charge on any atom is -0.497 e. The lowest BCUT2D eigenvalue weighted by Crippen LogP contribution is -2.07. The molecular weight excluding hydrogens is 490 g/mol. The molecule has 180 valence electrons. The van der Waals surface area contributed by atoms with Gasteiger partial charge in [0.05, 0.1) is 28.4 Å². The lowest BCUT2D eigenvalue weighted by atomic mass is 9.97. The fourth-order valence-electron chi connectivity index (χ4n) is 3.00. The van der Waals surface area contributed by atoms with Gasteiger partial charge in [0.15, 0.2) is 5.78 Å². The second kappa shape index (κ2) is 12.4. The molecular formula is C24H22ClN5O4S. The summed E-state index contributed by atoms with van der Waals surface area (Å²) in [6.07, 6.45) is 0. The molecule has 0 amide bonds. The molecule has 2 aromatic carbocycles. The number of hydrogen-bond donors (Lipinski definition) is 1. The number of nitriles is 2. The van der Waals surface area contributed by atoms with Gasteiger partial charge in [-0.05, 0) is 23.8 Å². The van der Waals surface area contributed by atoms with Crippen LogP contribution in [0.5, 0.6) is 5.75 Å². The summed E-state index contributed by atoms with van der Waals surface area (Å²) >= 11 is 6.97. The Labute approximate surface area is 212 Å². The van der Waals surface area contributed by atoms with Gasteiger partial charge in [0, 0.05) is 23.3 Å². The molecule has 0 atom stereocenters. The number of nitrogens with zero attached hydrogens (tertiary/aromatic N) is 4. The topological polar surface area (TPSA) is 156 Å². The molecule has 0 saturated heterocycles. The Hall–Kier alpha value is -4.12. The van der Waals surface area contributed by atoms with Crippen molar-refractivity contribution in [3.05, 3.63) is 74.3 Å². The summed E-state index contributed by atoms with van der Waals surface area (Å²) in [4.78, 5) is 27.2. The molecule has 1 heterocycles. The first-order chi connectivity index (χ1) is 15.8. The third-order valence-electron chi connectivity index (χ3n) is 4.60. The van der Waals surface area contributed by atoms with Crippen molar-refractivity contribution in [2.75, 3.05) is 18.6 Å². The molecule has 35 heavy (non-hydrogen) atoms. The van der Waals surface area contributed by atoms with Crippen LogP contribution in [0, 0.1) is 32.8 Å². The van der Waals surface area contributed by atoms with E-state index in [2.05, 4.69) is 4.98 Å². The summed E-state index contributed by atoms with van der Waals surface area (Å²) in [6, 6.07) is 14.3. The molecule has 0 bridgehead atoms. The fourth-order valence-corrected chi connectivity index (χ4v) is 4.10. The van der Waals surface area contributed by atoms with Gasteiger partial charge in [0.2, 0.25) is 0 Å². The van der Waals surface area contributed by atoms with E-state index in [1.807, 2.05) is 12.1 Å². The van der Waals surface area contributed by atoms with Crippen molar-refractivity contribution in [3.8, 4) is 29.0 Å². The number of carbonyl (C=O) groups excluding carboxylic acids is 1. The molecule has 0 aliphatic carbocycles. The molecule has 0 aliphatic heterocycles. The van der Waals surface area contributed by atoms with Gasteiger partial charge >= 0.3 is 0 Å². The number of nitrogens with two attached hydrogens (primary N) is 1. The standard InChI is InChI=1S/C22H14ClN5O4S.2CH4/c1-32-14-5-2-12(3-6-14)20-16(9-24)21(26)27-22(17(20)10-25)33-11-19(29)15-8-13(28(30)31)4-7-18(15)23;;/h2-8H,11H2,1H3,(H2,26,27);2*1H4. The highest BCUT2D eigenvalue weighted by molar-refractivity contribution is 8.00. The van der Waals surface area contributed by atoms with Crippen molar-refractivity contribution < 1.29 is 14.5 Å². The number of non-ortho nitro benzene ring substituents is 1. The van der Waals surface area contributed by atoms with E-state index in [0.29, 0.717) is 16.9 Å². The molecule has 0 saturated carbocycles. The lowest BCUT2D eigenvalue weighted by Gasteiger charge is -2.13. The highest BCUT2D eigenvalue weighted by Gasteiger charge is 2.22. The Balaban J connectivity index is 0.00000306. The van der Waals surface area contributed by atoms with Crippen LogP contribution in [0.15, 0.2) is 47.5 Å². The molecule has 1 aromatic heterocycles. The number of benzene rings is 2. The molecule has 9 nitrogen and oxygen atoms in total. The average Bonchev–Trinajstić information content (AvgIpc) is 2.82. The van der Waals surface area contributed by atoms with Crippen molar-refractivity contribution in [1.82, 2.24) is 4.98 Å². The number of hydrogen-bond acceptors (Lipinski definition) is 9. The van der Waals surface area contributed by atoms with Crippen LogP contribution in [0.2, 0.25) is 5.02 Å². The van der Waals surface area contributed by atoms with Crippen LogP contribution in [-0.4, -0.2) is 28.6 Å². The van der Waals surface area contributed by atoms with E-state index in [1.54, 1.807) is 24.3 Å². The van der Waals surface area contributed by atoms with E-state index in [1.165, 1.54) is 19.2 Å². The Morgan fingerprint density at radius 1 is 1.17 bits per heavy atom. The second-order valence-electron chi connectivity index (χ2n) is 6.51. The van der Waals surface area contributed by atoms with Crippen LogP contribution in [0.3, 0.4) is 0 Å². The SMILES string of the molecule is C.C.COc1ccc(-c2c(C#N)c(N)nc(SCC(=O)c3cc([N+](=O)[O-])ccc3Cl)c2C#N)cc1. The summed E-state index contributed by atoms with van der Waals surface area (Å²) in [7, 11) is 1.51. The number of methoxy groups -OCH3 is 1. The van der Waals surface area contributed by atoms with E-state index in [-0.39, 0.29) is 58.9 Å². The number of rotatable bonds is 7. The van der Waals surface area contributed by atoms with Gasteiger partial charge < -0.3 is 10.5 Å².